The first-order valence-electron chi connectivity index (χ1n) is 7.53. The predicted molar refractivity (Wildman–Crippen MR) is 86.0 cm³/mol. The van der Waals surface area contributed by atoms with Gasteiger partial charge in [-0.1, -0.05) is 6.08 Å². The molecule has 0 aliphatic carbocycles. The maximum absolute atomic E-state index is 12.2. The predicted octanol–water partition coefficient (Wildman–Crippen LogP) is 2.04. The van der Waals surface area contributed by atoms with Crippen molar-refractivity contribution in [2.24, 2.45) is 5.73 Å². The number of nitrogens with two attached hydrogens (primary N) is 1. The molecule has 2 N–H and O–H groups in total. The second-order valence-corrected chi connectivity index (χ2v) is 6.33. The Balaban J connectivity index is 3.78. The zero-order valence-corrected chi connectivity index (χ0v) is 14.8. The first kappa shape index (κ1) is 22.2. The molecule has 0 amide bonds. The van der Waals surface area contributed by atoms with E-state index in [-0.39, 0.29) is 38.4 Å². The minimum absolute atomic E-state index is 0.0619. The standard InChI is InChI=1S/C14H28NO7P/c1-4-8-19-23(17,21-12-7-15)20-10-5-9-18-11-6-13(2)22-14(3)16/h4,13H,1,5-12,15H2,2-3H3/t13-,23?/m1/s1. The number of phosphoric ester groups is 1. The summed E-state index contributed by atoms with van der Waals surface area (Å²) in [5, 5.41) is 0. The molecule has 0 aliphatic rings. The third-order valence-corrected chi connectivity index (χ3v) is 3.90. The SMILES string of the molecule is C=CCOP(=O)(OCCN)OCCCOCC[C@@H](C)OC(C)=O. The van der Waals surface area contributed by atoms with Gasteiger partial charge in [0.2, 0.25) is 0 Å². The van der Waals surface area contributed by atoms with Crippen LogP contribution in [0.1, 0.15) is 26.7 Å². The minimum Gasteiger partial charge on any atom is -0.463 e. The maximum atomic E-state index is 12.2. The van der Waals surface area contributed by atoms with E-state index in [0.29, 0.717) is 26.1 Å². The lowest BCUT2D eigenvalue weighted by Gasteiger charge is -2.17. The number of phosphoric acid groups is 1. The lowest BCUT2D eigenvalue weighted by atomic mass is 10.3. The summed E-state index contributed by atoms with van der Waals surface area (Å²) in [5.41, 5.74) is 5.30. The van der Waals surface area contributed by atoms with Crippen LogP contribution in [0.3, 0.4) is 0 Å². The van der Waals surface area contributed by atoms with Gasteiger partial charge >= 0.3 is 13.8 Å². The molecule has 0 saturated carbocycles. The van der Waals surface area contributed by atoms with Gasteiger partial charge < -0.3 is 15.2 Å². The molecule has 23 heavy (non-hydrogen) atoms. The average Bonchev–Trinajstić information content (AvgIpc) is 2.49. The topological polar surface area (TPSA) is 106 Å². The molecule has 0 aromatic rings. The summed E-state index contributed by atoms with van der Waals surface area (Å²) in [6.07, 6.45) is 2.41. The van der Waals surface area contributed by atoms with Crippen LogP contribution in [0.5, 0.6) is 0 Å². The summed E-state index contributed by atoms with van der Waals surface area (Å²) in [5.74, 6) is -0.307. The summed E-state index contributed by atoms with van der Waals surface area (Å²) in [7, 11) is -3.60. The van der Waals surface area contributed by atoms with Gasteiger partial charge in [0.15, 0.2) is 0 Å². The molecule has 0 bridgehead atoms. The van der Waals surface area contributed by atoms with Crippen molar-refractivity contribution < 1.29 is 32.4 Å². The van der Waals surface area contributed by atoms with E-state index in [2.05, 4.69) is 6.58 Å². The smallest absolute Gasteiger partial charge is 0.463 e. The van der Waals surface area contributed by atoms with E-state index in [1.165, 1.54) is 13.0 Å². The lowest BCUT2D eigenvalue weighted by Crippen LogP contribution is -2.15. The first-order chi connectivity index (χ1) is 10.9. The molecule has 0 aromatic carbocycles. The van der Waals surface area contributed by atoms with Crippen LogP contribution in [0, 0.1) is 0 Å². The van der Waals surface area contributed by atoms with Gasteiger partial charge in [0.05, 0.1) is 26.4 Å². The molecule has 1 unspecified atom stereocenters. The van der Waals surface area contributed by atoms with Gasteiger partial charge in [-0.25, -0.2) is 4.57 Å². The molecule has 0 radical (unpaired) electrons. The molecular formula is C14H28NO7P. The third-order valence-electron chi connectivity index (χ3n) is 2.44. The molecule has 0 heterocycles. The number of rotatable bonds is 15. The second-order valence-electron chi connectivity index (χ2n) is 4.66. The zero-order valence-electron chi connectivity index (χ0n) is 13.9. The Bertz CT molecular complexity index is 378. The summed E-state index contributed by atoms with van der Waals surface area (Å²) >= 11 is 0. The third kappa shape index (κ3) is 13.4. The van der Waals surface area contributed by atoms with Crippen molar-refractivity contribution in [1.82, 2.24) is 0 Å². The quantitative estimate of drug-likeness (QED) is 0.206. The molecule has 0 aromatic heterocycles. The van der Waals surface area contributed by atoms with E-state index < -0.39 is 7.82 Å². The molecule has 0 aliphatic heterocycles. The zero-order chi connectivity index (χ0) is 17.6. The van der Waals surface area contributed by atoms with E-state index in [4.69, 9.17) is 28.8 Å². The van der Waals surface area contributed by atoms with Gasteiger partial charge in [-0.15, -0.1) is 6.58 Å². The van der Waals surface area contributed by atoms with Gasteiger partial charge in [0.25, 0.3) is 0 Å². The van der Waals surface area contributed by atoms with Crippen LogP contribution in [0.4, 0.5) is 0 Å². The highest BCUT2D eigenvalue weighted by Gasteiger charge is 2.25. The molecule has 8 nitrogen and oxygen atoms in total. The van der Waals surface area contributed by atoms with Crippen molar-refractivity contribution in [3.63, 3.8) is 0 Å². The summed E-state index contributed by atoms with van der Waals surface area (Å²) in [6, 6.07) is 0. The summed E-state index contributed by atoms with van der Waals surface area (Å²) < 4.78 is 37.7. The van der Waals surface area contributed by atoms with Crippen molar-refractivity contribution >= 4 is 13.8 Å². The van der Waals surface area contributed by atoms with Crippen LogP contribution in [0.15, 0.2) is 12.7 Å². The highest BCUT2D eigenvalue weighted by molar-refractivity contribution is 7.48. The van der Waals surface area contributed by atoms with Crippen molar-refractivity contribution in [3.8, 4) is 0 Å². The number of hydrogen-bond acceptors (Lipinski definition) is 8. The highest BCUT2D eigenvalue weighted by atomic mass is 31.2. The Morgan fingerprint density at radius 1 is 1.22 bits per heavy atom. The Morgan fingerprint density at radius 2 is 1.91 bits per heavy atom. The van der Waals surface area contributed by atoms with E-state index >= 15 is 0 Å². The summed E-state index contributed by atoms with van der Waals surface area (Å²) in [6.45, 7) is 8.05. The Hall–Kier alpha value is -0.760. The molecule has 0 saturated heterocycles. The van der Waals surface area contributed by atoms with Gasteiger partial charge in [-0.05, 0) is 13.3 Å². The van der Waals surface area contributed by atoms with Gasteiger partial charge in [-0.2, -0.15) is 0 Å². The minimum atomic E-state index is -3.60. The van der Waals surface area contributed by atoms with E-state index in [9.17, 15) is 9.36 Å². The van der Waals surface area contributed by atoms with Gasteiger partial charge in [-0.3, -0.25) is 18.4 Å². The number of ether oxygens (including phenoxy) is 2. The molecule has 2 atom stereocenters. The molecule has 0 rings (SSSR count). The van der Waals surface area contributed by atoms with Gasteiger partial charge in [0, 0.05) is 26.5 Å². The van der Waals surface area contributed by atoms with Crippen LogP contribution < -0.4 is 5.73 Å². The van der Waals surface area contributed by atoms with Crippen LogP contribution in [0.2, 0.25) is 0 Å². The van der Waals surface area contributed by atoms with Crippen molar-refractivity contribution in [2.75, 3.05) is 39.6 Å². The average molecular weight is 353 g/mol. The lowest BCUT2D eigenvalue weighted by molar-refractivity contribution is -0.146. The molecular weight excluding hydrogens is 325 g/mol. The molecule has 0 fully saturated rings. The fourth-order valence-corrected chi connectivity index (χ4v) is 2.64. The number of hydrogen-bond donors (Lipinski definition) is 1. The molecule has 9 heteroatoms. The van der Waals surface area contributed by atoms with Crippen LogP contribution in [-0.4, -0.2) is 51.7 Å². The van der Waals surface area contributed by atoms with Crippen molar-refractivity contribution in [2.45, 2.75) is 32.8 Å². The van der Waals surface area contributed by atoms with Crippen LogP contribution in [0.25, 0.3) is 0 Å². The largest absolute Gasteiger partial charge is 0.475 e. The van der Waals surface area contributed by atoms with E-state index in [1.54, 1.807) is 6.92 Å². The second kappa shape index (κ2) is 13.7. The number of esters is 1. The fraction of sp³-hybridized carbons (Fsp3) is 0.786. The van der Waals surface area contributed by atoms with Crippen LogP contribution >= 0.6 is 7.82 Å². The Morgan fingerprint density at radius 3 is 2.52 bits per heavy atom. The molecule has 136 valence electrons. The maximum Gasteiger partial charge on any atom is 0.475 e. The fourth-order valence-electron chi connectivity index (χ4n) is 1.45. The number of carbonyl (C=O) groups is 1. The molecule has 0 spiro atoms. The normalized spacial score (nSPS) is 14.9. The summed E-state index contributed by atoms with van der Waals surface area (Å²) in [4.78, 5) is 10.7. The highest BCUT2D eigenvalue weighted by Crippen LogP contribution is 2.49. The number of carbonyl (C=O) groups excluding carboxylic acids is 1. The van der Waals surface area contributed by atoms with Gasteiger partial charge in [0.1, 0.15) is 6.10 Å². The van der Waals surface area contributed by atoms with E-state index in [1.807, 2.05) is 0 Å². The van der Waals surface area contributed by atoms with Crippen molar-refractivity contribution in [3.05, 3.63) is 12.7 Å². The monoisotopic (exact) mass is 353 g/mol. The Labute approximate surface area is 137 Å². The van der Waals surface area contributed by atoms with Crippen molar-refractivity contribution in [1.29, 1.82) is 0 Å². The first-order valence-corrected chi connectivity index (χ1v) is 8.99. The van der Waals surface area contributed by atoms with E-state index in [0.717, 1.165) is 0 Å². The Kier molecular flexibility index (Phi) is 13.2. The van der Waals surface area contributed by atoms with Crippen LogP contribution in [-0.2, 0) is 32.4 Å².